The SMILES string of the molecule is COCC(C(C)C)n1nnnc1-c1cccc(N)c1OC. The number of methoxy groups -OCH3 is 2. The van der Waals surface area contributed by atoms with Gasteiger partial charge in [-0.25, -0.2) is 4.68 Å². The van der Waals surface area contributed by atoms with E-state index in [0.717, 1.165) is 5.56 Å². The molecule has 2 rings (SSSR count). The summed E-state index contributed by atoms with van der Waals surface area (Å²) in [4.78, 5) is 0. The molecule has 1 aromatic carbocycles. The second-order valence-corrected chi connectivity index (χ2v) is 5.14. The number of nitrogens with zero attached hydrogens (tertiary/aromatic N) is 4. The normalized spacial score (nSPS) is 12.6. The van der Waals surface area contributed by atoms with Crippen molar-refractivity contribution in [3.05, 3.63) is 18.2 Å². The number of aromatic nitrogens is 4. The molecule has 0 radical (unpaired) electrons. The summed E-state index contributed by atoms with van der Waals surface area (Å²) < 4.78 is 12.4. The van der Waals surface area contributed by atoms with Gasteiger partial charge in [-0.05, 0) is 28.5 Å². The third-order valence-corrected chi connectivity index (χ3v) is 3.40. The maximum absolute atomic E-state index is 5.96. The zero-order valence-corrected chi connectivity index (χ0v) is 12.8. The Kier molecular flexibility index (Phi) is 4.74. The number of hydrogen-bond acceptors (Lipinski definition) is 6. The maximum Gasteiger partial charge on any atom is 0.186 e. The molecule has 0 spiro atoms. The van der Waals surface area contributed by atoms with Crippen LogP contribution in [-0.4, -0.2) is 41.0 Å². The van der Waals surface area contributed by atoms with Crippen molar-refractivity contribution in [3.63, 3.8) is 0 Å². The van der Waals surface area contributed by atoms with E-state index >= 15 is 0 Å². The average Bonchev–Trinajstić information content (AvgIpc) is 2.92. The molecule has 7 heteroatoms. The number of nitrogens with two attached hydrogens (primary N) is 1. The molecule has 1 heterocycles. The highest BCUT2D eigenvalue weighted by Crippen LogP contribution is 2.34. The van der Waals surface area contributed by atoms with E-state index in [2.05, 4.69) is 29.4 Å². The topological polar surface area (TPSA) is 88.1 Å². The fraction of sp³-hybridized carbons (Fsp3) is 0.500. The minimum Gasteiger partial charge on any atom is -0.494 e. The van der Waals surface area contributed by atoms with E-state index in [0.29, 0.717) is 29.8 Å². The van der Waals surface area contributed by atoms with Crippen molar-refractivity contribution in [1.29, 1.82) is 0 Å². The van der Waals surface area contributed by atoms with Crippen LogP contribution in [0.2, 0.25) is 0 Å². The van der Waals surface area contributed by atoms with Crippen molar-refractivity contribution in [2.24, 2.45) is 5.92 Å². The lowest BCUT2D eigenvalue weighted by Crippen LogP contribution is -2.22. The van der Waals surface area contributed by atoms with Crippen molar-refractivity contribution in [1.82, 2.24) is 20.2 Å². The van der Waals surface area contributed by atoms with Crippen LogP contribution in [-0.2, 0) is 4.74 Å². The standard InChI is InChI=1S/C14H21N5O2/c1-9(2)12(8-20-3)19-14(16-17-18-19)10-6-5-7-11(15)13(10)21-4/h5-7,9,12H,8,15H2,1-4H3. The van der Waals surface area contributed by atoms with Crippen molar-refractivity contribution < 1.29 is 9.47 Å². The van der Waals surface area contributed by atoms with Gasteiger partial charge in [0.1, 0.15) is 0 Å². The van der Waals surface area contributed by atoms with Gasteiger partial charge in [-0.3, -0.25) is 0 Å². The Morgan fingerprint density at radius 3 is 2.67 bits per heavy atom. The summed E-state index contributed by atoms with van der Waals surface area (Å²) in [5, 5.41) is 12.0. The summed E-state index contributed by atoms with van der Waals surface area (Å²) in [6.45, 7) is 4.73. The fourth-order valence-corrected chi connectivity index (χ4v) is 2.27. The van der Waals surface area contributed by atoms with Gasteiger partial charge in [-0.15, -0.1) is 5.10 Å². The van der Waals surface area contributed by atoms with E-state index in [1.807, 2.05) is 12.1 Å². The summed E-state index contributed by atoms with van der Waals surface area (Å²) in [6.07, 6.45) is 0. The Bertz CT molecular complexity index is 597. The highest BCUT2D eigenvalue weighted by atomic mass is 16.5. The largest absolute Gasteiger partial charge is 0.494 e. The van der Waals surface area contributed by atoms with Crippen LogP contribution >= 0.6 is 0 Å². The van der Waals surface area contributed by atoms with Crippen LogP contribution in [0.3, 0.4) is 0 Å². The summed E-state index contributed by atoms with van der Waals surface area (Å²) in [7, 11) is 3.25. The van der Waals surface area contributed by atoms with Gasteiger partial charge in [-0.1, -0.05) is 19.9 Å². The zero-order valence-electron chi connectivity index (χ0n) is 12.8. The monoisotopic (exact) mass is 291 g/mol. The number of ether oxygens (including phenoxy) is 2. The number of benzene rings is 1. The zero-order chi connectivity index (χ0) is 15.4. The molecule has 0 saturated carbocycles. The summed E-state index contributed by atoms with van der Waals surface area (Å²) >= 11 is 0. The number of tetrazole rings is 1. The quantitative estimate of drug-likeness (QED) is 0.816. The molecular weight excluding hydrogens is 270 g/mol. The predicted molar refractivity (Wildman–Crippen MR) is 80.0 cm³/mol. The Morgan fingerprint density at radius 1 is 1.29 bits per heavy atom. The van der Waals surface area contributed by atoms with Crippen LogP contribution in [0.1, 0.15) is 19.9 Å². The first kappa shape index (κ1) is 15.2. The molecule has 1 aromatic heterocycles. The van der Waals surface area contributed by atoms with Gasteiger partial charge in [0.05, 0.1) is 31.0 Å². The Labute approximate surface area is 124 Å². The van der Waals surface area contributed by atoms with Gasteiger partial charge in [0.15, 0.2) is 11.6 Å². The van der Waals surface area contributed by atoms with Gasteiger partial charge in [-0.2, -0.15) is 0 Å². The van der Waals surface area contributed by atoms with Crippen LogP contribution in [0.15, 0.2) is 18.2 Å². The average molecular weight is 291 g/mol. The maximum atomic E-state index is 5.96. The van der Waals surface area contributed by atoms with Gasteiger partial charge in [0.2, 0.25) is 0 Å². The first-order chi connectivity index (χ1) is 10.1. The van der Waals surface area contributed by atoms with E-state index < -0.39 is 0 Å². The van der Waals surface area contributed by atoms with Crippen LogP contribution in [0, 0.1) is 5.92 Å². The Hall–Kier alpha value is -2.15. The molecule has 2 N–H and O–H groups in total. The molecule has 0 aliphatic rings. The first-order valence-electron chi connectivity index (χ1n) is 6.79. The van der Waals surface area contributed by atoms with Crippen LogP contribution in [0.5, 0.6) is 5.75 Å². The highest BCUT2D eigenvalue weighted by molar-refractivity contribution is 5.73. The molecule has 0 bridgehead atoms. The van der Waals surface area contributed by atoms with Crippen LogP contribution in [0.4, 0.5) is 5.69 Å². The van der Waals surface area contributed by atoms with E-state index in [1.54, 1.807) is 25.0 Å². The molecular formula is C14H21N5O2. The van der Waals surface area contributed by atoms with Gasteiger partial charge in [0, 0.05) is 7.11 Å². The first-order valence-corrected chi connectivity index (χ1v) is 6.79. The van der Waals surface area contributed by atoms with Crippen LogP contribution in [0.25, 0.3) is 11.4 Å². The number of rotatable bonds is 6. The van der Waals surface area contributed by atoms with E-state index in [9.17, 15) is 0 Å². The molecule has 0 aliphatic carbocycles. The predicted octanol–water partition coefficient (Wildman–Crippen LogP) is 1.77. The van der Waals surface area contributed by atoms with Gasteiger partial charge in [0.25, 0.3) is 0 Å². The molecule has 7 nitrogen and oxygen atoms in total. The minimum atomic E-state index is 0.0335. The number of nitrogen functional groups attached to an aromatic ring is 1. The van der Waals surface area contributed by atoms with Gasteiger partial charge < -0.3 is 15.2 Å². The third-order valence-electron chi connectivity index (χ3n) is 3.40. The van der Waals surface area contributed by atoms with E-state index in [1.165, 1.54) is 0 Å². The third kappa shape index (κ3) is 2.97. The smallest absolute Gasteiger partial charge is 0.186 e. The number of anilines is 1. The van der Waals surface area contributed by atoms with Crippen molar-refractivity contribution in [2.45, 2.75) is 19.9 Å². The lowest BCUT2D eigenvalue weighted by molar-refractivity contribution is 0.126. The highest BCUT2D eigenvalue weighted by Gasteiger charge is 2.23. The molecule has 0 amide bonds. The number of para-hydroxylation sites is 1. The van der Waals surface area contributed by atoms with Crippen molar-refractivity contribution in [3.8, 4) is 17.1 Å². The fourth-order valence-electron chi connectivity index (χ4n) is 2.27. The second-order valence-electron chi connectivity index (χ2n) is 5.14. The molecule has 21 heavy (non-hydrogen) atoms. The second kappa shape index (κ2) is 6.53. The van der Waals surface area contributed by atoms with E-state index in [-0.39, 0.29) is 6.04 Å². The van der Waals surface area contributed by atoms with Gasteiger partial charge >= 0.3 is 0 Å². The number of hydrogen-bond donors (Lipinski definition) is 1. The molecule has 114 valence electrons. The summed E-state index contributed by atoms with van der Waals surface area (Å²) in [5.41, 5.74) is 7.28. The molecule has 1 unspecified atom stereocenters. The molecule has 0 aliphatic heterocycles. The summed E-state index contributed by atoms with van der Waals surface area (Å²) in [6, 6.07) is 5.56. The molecule has 0 saturated heterocycles. The van der Waals surface area contributed by atoms with Crippen LogP contribution < -0.4 is 10.5 Å². The summed E-state index contributed by atoms with van der Waals surface area (Å²) in [5.74, 6) is 1.52. The van der Waals surface area contributed by atoms with E-state index in [4.69, 9.17) is 15.2 Å². The lowest BCUT2D eigenvalue weighted by Gasteiger charge is -2.21. The Morgan fingerprint density at radius 2 is 2.05 bits per heavy atom. The lowest BCUT2D eigenvalue weighted by atomic mass is 10.0. The molecule has 2 aromatic rings. The van der Waals surface area contributed by atoms with Crippen molar-refractivity contribution >= 4 is 5.69 Å². The Balaban J connectivity index is 2.52. The minimum absolute atomic E-state index is 0.0335. The molecule has 0 fully saturated rings. The van der Waals surface area contributed by atoms with Crippen molar-refractivity contribution in [2.75, 3.05) is 26.6 Å². The molecule has 1 atom stereocenters.